The molecule has 2 aromatic carbocycles. The van der Waals surface area contributed by atoms with Crippen LogP contribution in [0.15, 0.2) is 41.3 Å². The van der Waals surface area contributed by atoms with E-state index < -0.39 is 53.8 Å². The lowest BCUT2D eigenvalue weighted by atomic mass is 9.75. The van der Waals surface area contributed by atoms with Gasteiger partial charge in [0.2, 0.25) is 0 Å². The van der Waals surface area contributed by atoms with E-state index in [-0.39, 0.29) is 48.0 Å². The molecule has 2 aromatic rings. The quantitative estimate of drug-likeness (QED) is 0.447. The van der Waals surface area contributed by atoms with Gasteiger partial charge in [-0.05, 0) is 76.3 Å². The van der Waals surface area contributed by atoms with Crippen molar-refractivity contribution in [3.63, 3.8) is 0 Å². The molecular formula is C25H30ClF2NO6S2. The van der Waals surface area contributed by atoms with Crippen LogP contribution in [0.25, 0.3) is 0 Å². The van der Waals surface area contributed by atoms with E-state index in [0.29, 0.717) is 18.0 Å². The van der Waals surface area contributed by atoms with Crippen molar-refractivity contribution >= 4 is 31.3 Å². The first-order valence-electron chi connectivity index (χ1n) is 12.0. The third-order valence-corrected chi connectivity index (χ3v) is 11.7. The highest BCUT2D eigenvalue weighted by atomic mass is 35.5. The van der Waals surface area contributed by atoms with Crippen LogP contribution in [0.4, 0.5) is 8.78 Å². The highest BCUT2D eigenvalue weighted by Gasteiger charge is 2.61. The molecule has 0 aliphatic carbocycles. The van der Waals surface area contributed by atoms with Crippen molar-refractivity contribution in [2.45, 2.75) is 35.0 Å². The summed E-state index contributed by atoms with van der Waals surface area (Å²) in [6.45, 7) is 0.259. The fourth-order valence-corrected chi connectivity index (χ4v) is 9.17. The van der Waals surface area contributed by atoms with Gasteiger partial charge in [-0.25, -0.2) is 25.6 Å². The summed E-state index contributed by atoms with van der Waals surface area (Å²) in [5.41, 5.74) is -0.374. The Morgan fingerprint density at radius 1 is 1.03 bits per heavy atom. The topological polar surface area (TPSA) is 90.0 Å². The molecule has 4 rings (SSSR count). The minimum absolute atomic E-state index is 0.00246. The highest BCUT2D eigenvalue weighted by Crippen LogP contribution is 2.55. The Morgan fingerprint density at radius 3 is 2.38 bits per heavy atom. The molecule has 0 radical (unpaired) electrons. The standard InChI is InChI=1S/C25H30ClF2NO6S2/c1-29(2)12-3-14-36(30,31)15-10-22-19-16-35-24-21(28)9-8-20(27)23(24)25(19,11-13-34-22)37(32,33)18-6-4-17(26)5-7-18/h4-9,19,22H,3,10-16H2,1-2H3/t19-,22-,25-/m0/s1. The molecule has 1 saturated heterocycles. The molecule has 0 spiro atoms. The largest absolute Gasteiger partial charge is 0.490 e. The summed E-state index contributed by atoms with van der Waals surface area (Å²) in [5, 5.41) is 0.321. The number of rotatable bonds is 9. The lowest BCUT2D eigenvalue weighted by Crippen LogP contribution is -2.57. The summed E-state index contributed by atoms with van der Waals surface area (Å²) >= 11 is 5.97. The number of ether oxygens (including phenoxy) is 2. The highest BCUT2D eigenvalue weighted by molar-refractivity contribution is 7.92. The van der Waals surface area contributed by atoms with Gasteiger partial charge in [-0.3, -0.25) is 0 Å². The Morgan fingerprint density at radius 2 is 1.70 bits per heavy atom. The normalized spacial score (nSPS) is 23.8. The van der Waals surface area contributed by atoms with Gasteiger partial charge in [0.25, 0.3) is 0 Å². The van der Waals surface area contributed by atoms with Gasteiger partial charge >= 0.3 is 0 Å². The molecule has 7 nitrogen and oxygen atoms in total. The van der Waals surface area contributed by atoms with E-state index in [4.69, 9.17) is 21.1 Å². The van der Waals surface area contributed by atoms with Gasteiger partial charge in [0.05, 0.1) is 34.7 Å². The van der Waals surface area contributed by atoms with Gasteiger partial charge in [-0.1, -0.05) is 11.6 Å². The van der Waals surface area contributed by atoms with Crippen molar-refractivity contribution < 1.29 is 35.1 Å². The zero-order valence-electron chi connectivity index (χ0n) is 20.6. The zero-order valence-corrected chi connectivity index (χ0v) is 23.0. The molecule has 204 valence electrons. The Labute approximate surface area is 221 Å². The van der Waals surface area contributed by atoms with Crippen molar-refractivity contribution in [3.8, 4) is 5.75 Å². The van der Waals surface area contributed by atoms with Crippen molar-refractivity contribution in [1.29, 1.82) is 0 Å². The Balaban J connectivity index is 1.75. The molecule has 12 heteroatoms. The van der Waals surface area contributed by atoms with Crippen LogP contribution in [-0.2, 0) is 29.2 Å². The van der Waals surface area contributed by atoms with Crippen LogP contribution < -0.4 is 4.74 Å². The average molecular weight is 578 g/mol. The molecule has 0 bridgehead atoms. The Kier molecular flexibility index (Phi) is 8.21. The second kappa shape index (κ2) is 10.8. The third-order valence-electron chi connectivity index (χ3n) is 7.12. The number of sulfone groups is 2. The maximum atomic E-state index is 15.4. The summed E-state index contributed by atoms with van der Waals surface area (Å²) in [6, 6.07) is 7.27. The fraction of sp³-hybridized carbons (Fsp3) is 0.520. The monoisotopic (exact) mass is 577 g/mol. The number of fused-ring (bicyclic) bond motifs is 3. The number of hydrogen-bond donors (Lipinski definition) is 0. The number of halogens is 3. The van der Waals surface area contributed by atoms with E-state index in [0.717, 1.165) is 12.1 Å². The molecular weight excluding hydrogens is 548 g/mol. The summed E-state index contributed by atoms with van der Waals surface area (Å²) < 4.78 is 93.7. The zero-order chi connectivity index (χ0) is 27.0. The van der Waals surface area contributed by atoms with Crippen LogP contribution in [0.2, 0.25) is 5.02 Å². The van der Waals surface area contributed by atoms with Crippen molar-refractivity contribution in [1.82, 2.24) is 4.90 Å². The minimum Gasteiger partial charge on any atom is -0.490 e. The minimum atomic E-state index is -4.34. The molecule has 0 unspecified atom stereocenters. The maximum absolute atomic E-state index is 15.4. The molecule has 2 aliphatic heterocycles. The van der Waals surface area contributed by atoms with Crippen LogP contribution in [0.5, 0.6) is 5.75 Å². The summed E-state index contributed by atoms with van der Waals surface area (Å²) in [6.07, 6.45) is -0.552. The summed E-state index contributed by atoms with van der Waals surface area (Å²) in [4.78, 5) is 1.79. The number of benzene rings is 2. The second-order valence-electron chi connectivity index (χ2n) is 9.75. The van der Waals surface area contributed by atoms with Crippen LogP contribution in [0, 0.1) is 17.6 Å². The van der Waals surface area contributed by atoms with Crippen LogP contribution in [0.1, 0.15) is 24.8 Å². The molecule has 2 aliphatic rings. The predicted molar refractivity (Wildman–Crippen MR) is 136 cm³/mol. The number of hydrogen-bond acceptors (Lipinski definition) is 7. The first-order chi connectivity index (χ1) is 17.4. The SMILES string of the molecule is CN(C)CCCS(=O)(=O)CC[C@@H]1OCC[C@@]2(S(=O)(=O)c3ccc(Cl)cc3)c3c(F)ccc(F)c3OC[C@@H]12. The van der Waals surface area contributed by atoms with E-state index in [2.05, 4.69) is 0 Å². The Bertz CT molecular complexity index is 1350. The van der Waals surface area contributed by atoms with Crippen LogP contribution in [0.3, 0.4) is 0 Å². The van der Waals surface area contributed by atoms with Crippen LogP contribution in [-0.4, -0.2) is 73.2 Å². The maximum Gasteiger partial charge on any atom is 0.189 e. The summed E-state index contributed by atoms with van der Waals surface area (Å²) in [5.74, 6) is -3.43. The smallest absolute Gasteiger partial charge is 0.189 e. The van der Waals surface area contributed by atoms with Crippen molar-refractivity contribution in [2.24, 2.45) is 5.92 Å². The van der Waals surface area contributed by atoms with Gasteiger partial charge in [0, 0.05) is 17.5 Å². The first kappa shape index (κ1) is 28.2. The molecule has 1 fully saturated rings. The number of nitrogens with zero attached hydrogens (tertiary/aromatic N) is 1. The Hall–Kier alpha value is -1.79. The van der Waals surface area contributed by atoms with E-state index >= 15 is 4.39 Å². The predicted octanol–water partition coefficient (Wildman–Crippen LogP) is 3.84. The second-order valence-corrected chi connectivity index (χ2v) is 14.7. The first-order valence-corrected chi connectivity index (χ1v) is 15.7. The van der Waals surface area contributed by atoms with Crippen molar-refractivity contribution in [2.75, 3.05) is 45.4 Å². The van der Waals surface area contributed by atoms with E-state index in [1.807, 2.05) is 19.0 Å². The molecule has 0 saturated carbocycles. The summed E-state index contributed by atoms with van der Waals surface area (Å²) in [7, 11) is -4.09. The van der Waals surface area contributed by atoms with E-state index in [9.17, 15) is 21.2 Å². The molecule has 3 atom stereocenters. The lowest BCUT2D eigenvalue weighted by Gasteiger charge is -2.50. The molecule has 0 aromatic heterocycles. The lowest BCUT2D eigenvalue weighted by molar-refractivity contribution is -0.0732. The van der Waals surface area contributed by atoms with Gasteiger partial charge < -0.3 is 14.4 Å². The average Bonchev–Trinajstić information content (AvgIpc) is 2.84. The molecule has 2 heterocycles. The van der Waals surface area contributed by atoms with E-state index in [1.165, 1.54) is 24.3 Å². The molecule has 37 heavy (non-hydrogen) atoms. The molecule has 0 amide bonds. The van der Waals surface area contributed by atoms with Gasteiger partial charge in [0.1, 0.15) is 20.4 Å². The van der Waals surface area contributed by atoms with Crippen LogP contribution >= 0.6 is 11.6 Å². The third kappa shape index (κ3) is 5.38. The van der Waals surface area contributed by atoms with Gasteiger partial charge in [-0.2, -0.15) is 0 Å². The van der Waals surface area contributed by atoms with Gasteiger partial charge in [0.15, 0.2) is 21.4 Å². The van der Waals surface area contributed by atoms with Crippen molar-refractivity contribution in [3.05, 3.63) is 58.6 Å². The fourth-order valence-electron chi connectivity index (χ4n) is 5.33. The van der Waals surface area contributed by atoms with Gasteiger partial charge in [-0.15, -0.1) is 0 Å². The molecule has 0 N–H and O–H groups in total. The van der Waals surface area contributed by atoms with E-state index in [1.54, 1.807) is 0 Å².